The normalized spacial score (nSPS) is 11.2. The molecule has 106 valence electrons. The van der Waals surface area contributed by atoms with Crippen molar-refractivity contribution in [1.29, 1.82) is 0 Å². The molecule has 1 aromatic carbocycles. The Labute approximate surface area is 116 Å². The van der Waals surface area contributed by atoms with Crippen LogP contribution in [0.2, 0.25) is 0 Å². The van der Waals surface area contributed by atoms with Gasteiger partial charge in [0.1, 0.15) is 0 Å². The topological polar surface area (TPSA) is 39.7 Å². The van der Waals surface area contributed by atoms with Gasteiger partial charge in [-0.05, 0) is 25.5 Å². The predicted molar refractivity (Wildman–Crippen MR) is 84.0 cm³/mol. The van der Waals surface area contributed by atoms with Crippen LogP contribution in [0.3, 0.4) is 0 Å². The van der Waals surface area contributed by atoms with E-state index in [0.29, 0.717) is 0 Å². The Balaban J connectivity index is 2.35. The number of hydrogen-bond acceptors (Lipinski definition) is 2. The Morgan fingerprint density at radius 2 is 1.89 bits per heavy atom. The van der Waals surface area contributed by atoms with Crippen molar-refractivity contribution in [3.8, 4) is 0 Å². The molecule has 1 rings (SSSR count). The van der Waals surface area contributed by atoms with Crippen LogP contribution in [0.25, 0.3) is 0 Å². The van der Waals surface area contributed by atoms with Crippen molar-refractivity contribution in [1.82, 2.24) is 10.6 Å². The van der Waals surface area contributed by atoms with Gasteiger partial charge in [0.2, 0.25) is 0 Å². The van der Waals surface area contributed by atoms with E-state index in [-0.39, 0.29) is 0 Å². The fourth-order valence-electron chi connectivity index (χ4n) is 1.72. The average molecular weight is 262 g/mol. The number of guanidine groups is 1. The van der Waals surface area contributed by atoms with E-state index in [0.717, 1.165) is 38.6 Å². The van der Waals surface area contributed by atoms with Gasteiger partial charge >= 0.3 is 0 Å². The third-order valence-corrected chi connectivity index (χ3v) is 2.77. The SMILES string of the molecule is CCCN=C(NCC)NCCN(C)c1ccccc1. The van der Waals surface area contributed by atoms with E-state index in [1.54, 1.807) is 0 Å². The Morgan fingerprint density at radius 1 is 1.16 bits per heavy atom. The van der Waals surface area contributed by atoms with Gasteiger partial charge in [0.05, 0.1) is 0 Å². The minimum Gasteiger partial charge on any atom is -0.373 e. The van der Waals surface area contributed by atoms with Gasteiger partial charge in [-0.15, -0.1) is 0 Å². The van der Waals surface area contributed by atoms with Gasteiger partial charge in [0, 0.05) is 38.9 Å². The first-order valence-electron chi connectivity index (χ1n) is 7.06. The largest absolute Gasteiger partial charge is 0.373 e. The van der Waals surface area contributed by atoms with E-state index >= 15 is 0 Å². The van der Waals surface area contributed by atoms with Gasteiger partial charge in [-0.1, -0.05) is 25.1 Å². The summed E-state index contributed by atoms with van der Waals surface area (Å²) in [6.45, 7) is 7.80. The minimum atomic E-state index is 0.865. The average Bonchev–Trinajstić information content (AvgIpc) is 2.45. The highest BCUT2D eigenvalue weighted by Crippen LogP contribution is 2.09. The highest BCUT2D eigenvalue weighted by atomic mass is 15.2. The van der Waals surface area contributed by atoms with Crippen LogP contribution in [-0.2, 0) is 0 Å². The lowest BCUT2D eigenvalue weighted by atomic mass is 10.3. The van der Waals surface area contributed by atoms with Crippen molar-refractivity contribution in [2.45, 2.75) is 20.3 Å². The number of hydrogen-bond donors (Lipinski definition) is 2. The molecular weight excluding hydrogens is 236 g/mol. The molecule has 0 heterocycles. The van der Waals surface area contributed by atoms with E-state index < -0.39 is 0 Å². The number of anilines is 1. The fraction of sp³-hybridized carbons (Fsp3) is 0.533. The van der Waals surface area contributed by atoms with Gasteiger partial charge in [0.15, 0.2) is 5.96 Å². The maximum absolute atomic E-state index is 4.48. The van der Waals surface area contributed by atoms with E-state index in [1.807, 2.05) is 6.07 Å². The summed E-state index contributed by atoms with van der Waals surface area (Å²) >= 11 is 0. The predicted octanol–water partition coefficient (Wildman–Crippen LogP) is 2.09. The molecule has 4 heteroatoms. The highest BCUT2D eigenvalue weighted by molar-refractivity contribution is 5.79. The standard InChI is InChI=1S/C15H26N4/c1-4-11-17-15(16-5-2)18-12-13-19(3)14-9-7-6-8-10-14/h6-10H,4-5,11-13H2,1-3H3,(H2,16,17,18). The Kier molecular flexibility index (Phi) is 7.47. The maximum atomic E-state index is 4.48. The molecule has 0 bridgehead atoms. The molecule has 0 aliphatic heterocycles. The van der Waals surface area contributed by atoms with Gasteiger partial charge in [-0.25, -0.2) is 0 Å². The van der Waals surface area contributed by atoms with Crippen molar-refractivity contribution in [2.75, 3.05) is 38.1 Å². The summed E-state index contributed by atoms with van der Waals surface area (Å²) in [5.41, 5.74) is 1.24. The van der Waals surface area contributed by atoms with Crippen LogP contribution >= 0.6 is 0 Å². The van der Waals surface area contributed by atoms with Crippen LogP contribution in [0.5, 0.6) is 0 Å². The number of nitrogens with zero attached hydrogens (tertiary/aromatic N) is 2. The monoisotopic (exact) mass is 262 g/mol. The summed E-state index contributed by atoms with van der Waals surface area (Å²) in [6.07, 6.45) is 1.07. The van der Waals surface area contributed by atoms with Crippen LogP contribution in [0.4, 0.5) is 5.69 Å². The molecule has 0 saturated heterocycles. The fourth-order valence-corrected chi connectivity index (χ4v) is 1.72. The second kappa shape index (κ2) is 9.25. The lowest BCUT2D eigenvalue weighted by Gasteiger charge is -2.20. The van der Waals surface area contributed by atoms with Crippen molar-refractivity contribution < 1.29 is 0 Å². The molecule has 4 nitrogen and oxygen atoms in total. The van der Waals surface area contributed by atoms with Gasteiger partial charge < -0.3 is 15.5 Å². The zero-order valence-corrected chi connectivity index (χ0v) is 12.3. The highest BCUT2D eigenvalue weighted by Gasteiger charge is 2.00. The third kappa shape index (κ3) is 6.13. The van der Waals surface area contributed by atoms with Crippen LogP contribution < -0.4 is 15.5 Å². The minimum absolute atomic E-state index is 0.865. The third-order valence-electron chi connectivity index (χ3n) is 2.77. The smallest absolute Gasteiger partial charge is 0.191 e. The molecule has 0 saturated carbocycles. The number of aliphatic imine (C=N–C) groups is 1. The number of para-hydroxylation sites is 1. The van der Waals surface area contributed by atoms with Crippen molar-refractivity contribution >= 4 is 11.6 Å². The van der Waals surface area contributed by atoms with E-state index in [2.05, 4.69) is 65.7 Å². The molecule has 2 N–H and O–H groups in total. The molecule has 0 unspecified atom stereocenters. The summed E-state index contributed by atoms with van der Waals surface area (Å²) < 4.78 is 0. The molecule has 0 amide bonds. The van der Waals surface area contributed by atoms with Crippen LogP contribution in [-0.4, -0.2) is 39.2 Å². The number of benzene rings is 1. The Morgan fingerprint density at radius 3 is 2.53 bits per heavy atom. The molecule has 0 fully saturated rings. The molecular formula is C15H26N4. The Bertz CT molecular complexity index is 362. The molecule has 1 aromatic rings. The first-order chi connectivity index (χ1) is 9.27. The second-order valence-electron chi connectivity index (χ2n) is 4.44. The maximum Gasteiger partial charge on any atom is 0.191 e. The number of rotatable bonds is 7. The Hall–Kier alpha value is -1.71. The van der Waals surface area contributed by atoms with Crippen molar-refractivity contribution in [3.05, 3.63) is 30.3 Å². The van der Waals surface area contributed by atoms with E-state index in [4.69, 9.17) is 0 Å². The van der Waals surface area contributed by atoms with Crippen LogP contribution in [0, 0.1) is 0 Å². The summed E-state index contributed by atoms with van der Waals surface area (Å²) in [7, 11) is 2.10. The number of nitrogens with one attached hydrogen (secondary N) is 2. The zero-order valence-electron chi connectivity index (χ0n) is 12.3. The summed E-state index contributed by atoms with van der Waals surface area (Å²) in [5, 5.41) is 6.60. The molecule has 19 heavy (non-hydrogen) atoms. The van der Waals surface area contributed by atoms with Crippen molar-refractivity contribution in [2.24, 2.45) is 4.99 Å². The first kappa shape index (κ1) is 15.3. The van der Waals surface area contributed by atoms with Crippen LogP contribution in [0.1, 0.15) is 20.3 Å². The molecule has 0 spiro atoms. The number of likely N-dealkylation sites (N-methyl/N-ethyl adjacent to an activating group) is 1. The molecule has 0 aromatic heterocycles. The summed E-state index contributed by atoms with van der Waals surface area (Å²) in [5.74, 6) is 0.908. The summed E-state index contributed by atoms with van der Waals surface area (Å²) in [6, 6.07) is 10.4. The molecule has 0 radical (unpaired) electrons. The van der Waals surface area contributed by atoms with Gasteiger partial charge in [-0.3, -0.25) is 4.99 Å². The zero-order chi connectivity index (χ0) is 13.9. The lowest BCUT2D eigenvalue weighted by Crippen LogP contribution is -2.41. The lowest BCUT2D eigenvalue weighted by molar-refractivity contribution is 0.777. The van der Waals surface area contributed by atoms with Gasteiger partial charge in [-0.2, -0.15) is 0 Å². The quantitative estimate of drug-likeness (QED) is 0.584. The second-order valence-corrected chi connectivity index (χ2v) is 4.44. The molecule has 0 aliphatic carbocycles. The van der Waals surface area contributed by atoms with E-state index in [9.17, 15) is 0 Å². The van der Waals surface area contributed by atoms with E-state index in [1.165, 1.54) is 5.69 Å². The molecule has 0 atom stereocenters. The van der Waals surface area contributed by atoms with Crippen LogP contribution in [0.15, 0.2) is 35.3 Å². The first-order valence-corrected chi connectivity index (χ1v) is 7.06. The van der Waals surface area contributed by atoms with Gasteiger partial charge in [0.25, 0.3) is 0 Å². The summed E-state index contributed by atoms with van der Waals surface area (Å²) in [4.78, 5) is 6.71. The van der Waals surface area contributed by atoms with Crippen molar-refractivity contribution in [3.63, 3.8) is 0 Å². The molecule has 0 aliphatic rings.